The van der Waals surface area contributed by atoms with E-state index in [1.54, 1.807) is 12.1 Å². The van der Waals surface area contributed by atoms with Gasteiger partial charge in [0.05, 0.1) is 4.91 Å². The van der Waals surface area contributed by atoms with Gasteiger partial charge in [-0.2, -0.15) is 0 Å². The zero-order valence-electron chi connectivity index (χ0n) is 9.73. The molecule has 1 aliphatic rings. The van der Waals surface area contributed by atoms with Crippen LogP contribution in [0.1, 0.15) is 5.56 Å². The van der Waals surface area contributed by atoms with Crippen LogP contribution in [0.4, 0.5) is 9.18 Å². The van der Waals surface area contributed by atoms with Crippen molar-refractivity contribution in [2.24, 2.45) is 5.73 Å². The summed E-state index contributed by atoms with van der Waals surface area (Å²) in [6.07, 6.45) is 1.38. The third-order valence-electron chi connectivity index (χ3n) is 2.47. The van der Waals surface area contributed by atoms with Crippen molar-refractivity contribution in [2.75, 3.05) is 13.1 Å². The average Bonchev–Trinajstić information content (AvgIpc) is 2.62. The minimum atomic E-state index is -0.450. The SMILES string of the molecule is NCCN1C(=O)S/C(=C\c2cc(Br)ccc2F)C1=O. The summed E-state index contributed by atoms with van der Waals surface area (Å²) < 4.78 is 14.3. The Hall–Kier alpha value is -1.18. The number of imide groups is 1. The summed E-state index contributed by atoms with van der Waals surface area (Å²) in [5.41, 5.74) is 5.59. The van der Waals surface area contributed by atoms with E-state index in [0.29, 0.717) is 4.47 Å². The van der Waals surface area contributed by atoms with Crippen molar-refractivity contribution < 1.29 is 14.0 Å². The molecular weight excluding hydrogens is 335 g/mol. The predicted molar refractivity (Wildman–Crippen MR) is 75.8 cm³/mol. The van der Waals surface area contributed by atoms with Crippen LogP contribution in [0.3, 0.4) is 0 Å². The van der Waals surface area contributed by atoms with Crippen molar-refractivity contribution in [1.29, 1.82) is 0 Å². The Morgan fingerprint density at radius 3 is 2.84 bits per heavy atom. The highest BCUT2D eigenvalue weighted by molar-refractivity contribution is 9.10. The summed E-state index contributed by atoms with van der Waals surface area (Å²) in [4.78, 5) is 24.8. The highest BCUT2D eigenvalue weighted by Crippen LogP contribution is 2.32. The number of nitrogens with zero attached hydrogens (tertiary/aromatic N) is 1. The molecule has 1 aliphatic heterocycles. The lowest BCUT2D eigenvalue weighted by Crippen LogP contribution is -2.33. The molecular formula is C12H10BrFN2O2S. The van der Waals surface area contributed by atoms with Crippen molar-refractivity contribution in [1.82, 2.24) is 4.90 Å². The molecule has 0 bridgehead atoms. The third kappa shape index (κ3) is 3.05. The van der Waals surface area contributed by atoms with Gasteiger partial charge in [-0.05, 0) is 36.0 Å². The molecule has 0 unspecified atom stereocenters. The summed E-state index contributed by atoms with van der Waals surface area (Å²) in [6, 6.07) is 4.40. The van der Waals surface area contributed by atoms with Crippen LogP contribution in [0.5, 0.6) is 0 Å². The predicted octanol–water partition coefficient (Wildman–Crippen LogP) is 2.58. The number of hydrogen-bond donors (Lipinski definition) is 1. The van der Waals surface area contributed by atoms with Gasteiger partial charge in [0.2, 0.25) is 0 Å². The van der Waals surface area contributed by atoms with Gasteiger partial charge in [0.15, 0.2) is 0 Å². The first kappa shape index (κ1) is 14.2. The number of halogens is 2. The molecule has 19 heavy (non-hydrogen) atoms. The maximum atomic E-state index is 13.6. The van der Waals surface area contributed by atoms with E-state index in [1.807, 2.05) is 0 Å². The summed E-state index contributed by atoms with van der Waals surface area (Å²) in [5, 5.41) is -0.378. The largest absolute Gasteiger partial charge is 0.329 e. The lowest BCUT2D eigenvalue weighted by atomic mass is 10.2. The van der Waals surface area contributed by atoms with Gasteiger partial charge in [0.25, 0.3) is 11.1 Å². The number of nitrogens with two attached hydrogens (primary N) is 1. The number of amides is 2. The van der Waals surface area contributed by atoms with E-state index in [9.17, 15) is 14.0 Å². The first-order valence-corrected chi connectivity index (χ1v) is 7.04. The van der Waals surface area contributed by atoms with Crippen LogP contribution in [0.15, 0.2) is 27.6 Å². The van der Waals surface area contributed by atoms with E-state index in [0.717, 1.165) is 16.7 Å². The molecule has 1 aromatic carbocycles. The Labute approximate surface area is 122 Å². The van der Waals surface area contributed by atoms with Crippen LogP contribution in [-0.4, -0.2) is 29.1 Å². The number of benzene rings is 1. The van der Waals surface area contributed by atoms with Gasteiger partial charge in [-0.25, -0.2) is 4.39 Å². The van der Waals surface area contributed by atoms with E-state index >= 15 is 0 Å². The lowest BCUT2D eigenvalue weighted by Gasteiger charge is -2.09. The second kappa shape index (κ2) is 5.85. The fourth-order valence-corrected chi connectivity index (χ4v) is 2.82. The molecule has 0 spiro atoms. The first-order chi connectivity index (χ1) is 9.02. The second-order valence-electron chi connectivity index (χ2n) is 3.79. The lowest BCUT2D eigenvalue weighted by molar-refractivity contribution is -0.122. The van der Waals surface area contributed by atoms with Crippen LogP contribution in [0.2, 0.25) is 0 Å². The molecule has 0 radical (unpaired) electrons. The van der Waals surface area contributed by atoms with Gasteiger partial charge >= 0.3 is 0 Å². The highest BCUT2D eigenvalue weighted by atomic mass is 79.9. The third-order valence-corrected chi connectivity index (χ3v) is 3.87. The minimum Gasteiger partial charge on any atom is -0.329 e. The van der Waals surface area contributed by atoms with Crippen molar-refractivity contribution in [2.45, 2.75) is 0 Å². The van der Waals surface area contributed by atoms with E-state index < -0.39 is 11.7 Å². The summed E-state index contributed by atoms with van der Waals surface area (Å²) in [6.45, 7) is 0.375. The van der Waals surface area contributed by atoms with Crippen LogP contribution in [0, 0.1) is 5.82 Å². The zero-order chi connectivity index (χ0) is 14.0. The second-order valence-corrected chi connectivity index (χ2v) is 5.70. The highest BCUT2D eigenvalue weighted by Gasteiger charge is 2.34. The number of carbonyl (C=O) groups excluding carboxylic acids is 2. The monoisotopic (exact) mass is 344 g/mol. The molecule has 0 atom stereocenters. The fraction of sp³-hybridized carbons (Fsp3) is 0.167. The van der Waals surface area contributed by atoms with E-state index in [-0.39, 0.29) is 28.8 Å². The molecule has 7 heteroatoms. The molecule has 0 aromatic heterocycles. The van der Waals surface area contributed by atoms with Gasteiger partial charge in [-0.3, -0.25) is 14.5 Å². The average molecular weight is 345 g/mol. The van der Waals surface area contributed by atoms with E-state index in [1.165, 1.54) is 12.1 Å². The molecule has 1 aromatic rings. The molecule has 2 amide bonds. The van der Waals surface area contributed by atoms with Crippen molar-refractivity contribution in [3.05, 3.63) is 39.0 Å². The van der Waals surface area contributed by atoms with Crippen LogP contribution < -0.4 is 5.73 Å². The summed E-state index contributed by atoms with van der Waals surface area (Å²) in [5.74, 6) is -0.881. The topological polar surface area (TPSA) is 63.4 Å². The smallest absolute Gasteiger partial charge is 0.293 e. The quantitative estimate of drug-likeness (QED) is 0.856. The molecule has 0 saturated carbocycles. The molecule has 1 saturated heterocycles. The summed E-state index contributed by atoms with van der Waals surface area (Å²) in [7, 11) is 0. The van der Waals surface area contributed by atoms with Crippen LogP contribution in [-0.2, 0) is 4.79 Å². The Morgan fingerprint density at radius 2 is 2.16 bits per heavy atom. The Kier molecular flexibility index (Phi) is 4.38. The number of thioether (sulfide) groups is 1. The van der Waals surface area contributed by atoms with Gasteiger partial charge in [-0.1, -0.05) is 15.9 Å². The van der Waals surface area contributed by atoms with Gasteiger partial charge in [0.1, 0.15) is 5.82 Å². The molecule has 2 N–H and O–H groups in total. The number of carbonyl (C=O) groups is 2. The number of rotatable bonds is 3. The van der Waals surface area contributed by atoms with Crippen molar-refractivity contribution >= 4 is 44.9 Å². The molecule has 100 valence electrons. The maximum absolute atomic E-state index is 13.6. The maximum Gasteiger partial charge on any atom is 0.293 e. The zero-order valence-corrected chi connectivity index (χ0v) is 12.1. The normalized spacial score (nSPS) is 17.6. The Morgan fingerprint density at radius 1 is 1.42 bits per heavy atom. The molecule has 4 nitrogen and oxygen atoms in total. The molecule has 1 heterocycles. The molecule has 0 aliphatic carbocycles. The van der Waals surface area contributed by atoms with Crippen LogP contribution >= 0.6 is 27.7 Å². The van der Waals surface area contributed by atoms with Gasteiger partial charge in [-0.15, -0.1) is 0 Å². The first-order valence-electron chi connectivity index (χ1n) is 5.43. The summed E-state index contributed by atoms with van der Waals surface area (Å²) >= 11 is 4.02. The fourth-order valence-electron chi connectivity index (χ4n) is 1.59. The van der Waals surface area contributed by atoms with Crippen LogP contribution in [0.25, 0.3) is 6.08 Å². The van der Waals surface area contributed by atoms with Gasteiger partial charge in [0, 0.05) is 23.1 Å². The Bertz CT molecular complexity index is 577. The van der Waals surface area contributed by atoms with E-state index in [2.05, 4.69) is 15.9 Å². The Balaban J connectivity index is 2.32. The molecule has 2 rings (SSSR count). The standard InChI is InChI=1S/C12H10BrFN2O2S/c13-8-1-2-9(14)7(5-8)6-10-11(17)16(4-3-15)12(18)19-10/h1-2,5-6H,3-4,15H2/b10-6-. The van der Waals surface area contributed by atoms with Gasteiger partial charge < -0.3 is 5.73 Å². The minimum absolute atomic E-state index is 0.170. The van der Waals surface area contributed by atoms with E-state index in [4.69, 9.17) is 5.73 Å². The van der Waals surface area contributed by atoms with Crippen molar-refractivity contribution in [3.8, 4) is 0 Å². The number of hydrogen-bond acceptors (Lipinski definition) is 4. The molecule has 1 fully saturated rings. The van der Waals surface area contributed by atoms with Crippen molar-refractivity contribution in [3.63, 3.8) is 0 Å².